The van der Waals surface area contributed by atoms with Gasteiger partial charge in [0.2, 0.25) is 0 Å². The maximum absolute atomic E-state index is 12.4. The quantitative estimate of drug-likeness (QED) is 0.425. The topological polar surface area (TPSA) is 114 Å². The van der Waals surface area contributed by atoms with Gasteiger partial charge in [-0.15, -0.1) is 0 Å². The lowest BCUT2D eigenvalue weighted by molar-refractivity contribution is -0.384. The van der Waals surface area contributed by atoms with Crippen LogP contribution in [0.15, 0.2) is 67.0 Å². The normalized spacial score (nSPS) is 10.7. The molecule has 0 spiro atoms. The lowest BCUT2D eigenvalue weighted by atomic mass is 10.2. The van der Waals surface area contributed by atoms with Gasteiger partial charge in [-0.3, -0.25) is 19.9 Å². The Kier molecular flexibility index (Phi) is 4.06. The molecule has 0 aliphatic heterocycles. The molecule has 2 aromatic carbocycles. The molecule has 0 bridgehead atoms. The second-order valence-corrected chi connectivity index (χ2v) is 5.81. The third-order valence-corrected chi connectivity index (χ3v) is 4.01. The Bertz CT molecular complexity index is 1150. The number of pyridine rings is 1. The molecule has 0 aliphatic carbocycles. The number of carbonyl (C=O) groups excluding carboxylic acids is 1. The highest BCUT2D eigenvalue weighted by molar-refractivity contribution is 6.05. The lowest BCUT2D eigenvalue weighted by Gasteiger charge is -2.05. The number of hydrogen-bond donors (Lipinski definition) is 2. The molecule has 27 heavy (non-hydrogen) atoms. The van der Waals surface area contributed by atoms with E-state index in [-0.39, 0.29) is 11.3 Å². The van der Waals surface area contributed by atoms with Crippen molar-refractivity contribution in [3.8, 4) is 11.4 Å². The van der Waals surface area contributed by atoms with Gasteiger partial charge in [-0.05, 0) is 36.4 Å². The van der Waals surface area contributed by atoms with Crippen LogP contribution >= 0.6 is 0 Å². The number of nitrogens with zero attached hydrogens (tertiary/aromatic N) is 3. The molecule has 2 aromatic heterocycles. The van der Waals surface area contributed by atoms with E-state index in [1.54, 1.807) is 30.6 Å². The molecule has 0 saturated heterocycles. The number of nitro groups is 1. The summed E-state index contributed by atoms with van der Waals surface area (Å²) in [7, 11) is 0. The number of amides is 1. The van der Waals surface area contributed by atoms with Crippen molar-refractivity contribution in [2.45, 2.75) is 0 Å². The van der Waals surface area contributed by atoms with E-state index in [9.17, 15) is 14.9 Å². The summed E-state index contributed by atoms with van der Waals surface area (Å²) in [5.41, 5.74) is 3.07. The van der Waals surface area contributed by atoms with Crippen molar-refractivity contribution in [2.75, 3.05) is 5.32 Å². The van der Waals surface area contributed by atoms with E-state index in [0.717, 1.165) is 16.6 Å². The van der Waals surface area contributed by atoms with Gasteiger partial charge in [0.05, 0.1) is 16.0 Å². The van der Waals surface area contributed by atoms with Crippen LogP contribution in [0.25, 0.3) is 22.4 Å². The molecule has 0 unspecified atom stereocenters. The number of aromatic nitrogens is 3. The van der Waals surface area contributed by atoms with Gasteiger partial charge in [-0.2, -0.15) is 0 Å². The van der Waals surface area contributed by atoms with Gasteiger partial charge in [0.1, 0.15) is 5.82 Å². The van der Waals surface area contributed by atoms with E-state index in [2.05, 4.69) is 20.3 Å². The summed E-state index contributed by atoms with van der Waals surface area (Å²) in [6, 6.07) is 14.6. The van der Waals surface area contributed by atoms with E-state index < -0.39 is 10.8 Å². The van der Waals surface area contributed by atoms with Gasteiger partial charge in [0.25, 0.3) is 11.6 Å². The smallest absolute Gasteiger partial charge is 0.270 e. The standard InChI is InChI=1S/C19H13N5O3/c25-19(13-2-1-3-15(10-13)24(26)27)21-14-4-5-16-17(11-14)23-18(22-16)12-6-8-20-9-7-12/h1-11H,(H,21,25)(H,22,23). The van der Waals surface area contributed by atoms with Gasteiger partial charge in [-0.1, -0.05) is 6.07 Å². The second kappa shape index (κ2) is 6.68. The molecule has 8 nitrogen and oxygen atoms in total. The molecule has 0 saturated carbocycles. The number of benzene rings is 2. The minimum absolute atomic E-state index is 0.131. The van der Waals surface area contributed by atoms with Crippen LogP contribution in [0.1, 0.15) is 10.4 Å². The first-order chi connectivity index (χ1) is 13.1. The Labute approximate surface area is 153 Å². The summed E-state index contributed by atoms with van der Waals surface area (Å²) in [6.07, 6.45) is 3.38. The largest absolute Gasteiger partial charge is 0.338 e. The first-order valence-corrected chi connectivity index (χ1v) is 8.06. The summed E-state index contributed by atoms with van der Waals surface area (Å²) in [5.74, 6) is 0.279. The molecule has 1 amide bonds. The molecule has 0 atom stereocenters. The van der Waals surface area contributed by atoms with Crippen molar-refractivity contribution in [3.05, 3.63) is 82.7 Å². The zero-order valence-corrected chi connectivity index (χ0v) is 13.9. The summed E-state index contributed by atoms with van der Waals surface area (Å²) >= 11 is 0. The number of anilines is 1. The molecule has 8 heteroatoms. The average molecular weight is 359 g/mol. The Morgan fingerprint density at radius 3 is 2.67 bits per heavy atom. The number of fused-ring (bicyclic) bond motifs is 1. The molecular weight excluding hydrogens is 346 g/mol. The maximum atomic E-state index is 12.4. The average Bonchev–Trinajstić information content (AvgIpc) is 3.12. The first kappa shape index (κ1) is 16.4. The van der Waals surface area contributed by atoms with Crippen LogP contribution in [0.5, 0.6) is 0 Å². The molecule has 4 aromatic rings. The molecule has 132 valence electrons. The van der Waals surface area contributed by atoms with Crippen molar-refractivity contribution in [1.29, 1.82) is 0 Å². The van der Waals surface area contributed by atoms with Crippen molar-refractivity contribution in [3.63, 3.8) is 0 Å². The number of nitrogens with one attached hydrogen (secondary N) is 2. The van der Waals surface area contributed by atoms with E-state index in [0.29, 0.717) is 11.5 Å². The van der Waals surface area contributed by atoms with Crippen LogP contribution < -0.4 is 5.32 Å². The number of non-ortho nitro benzene ring substituents is 1. The van der Waals surface area contributed by atoms with Crippen LogP contribution in [0, 0.1) is 10.1 Å². The van der Waals surface area contributed by atoms with Crippen molar-refractivity contribution in [2.24, 2.45) is 0 Å². The molecule has 0 aliphatic rings. The number of aromatic amines is 1. The first-order valence-electron chi connectivity index (χ1n) is 8.06. The van der Waals surface area contributed by atoms with E-state index in [4.69, 9.17) is 0 Å². The molecule has 0 radical (unpaired) electrons. The highest BCUT2D eigenvalue weighted by atomic mass is 16.6. The zero-order valence-electron chi connectivity index (χ0n) is 13.9. The number of carbonyl (C=O) groups is 1. The predicted octanol–water partition coefficient (Wildman–Crippen LogP) is 3.79. The molecule has 2 heterocycles. The third-order valence-electron chi connectivity index (χ3n) is 4.01. The van der Waals surface area contributed by atoms with Crippen molar-refractivity contribution >= 4 is 28.3 Å². The minimum Gasteiger partial charge on any atom is -0.338 e. The zero-order chi connectivity index (χ0) is 18.8. The van der Waals surface area contributed by atoms with E-state index >= 15 is 0 Å². The number of H-pyrrole nitrogens is 1. The van der Waals surface area contributed by atoms with Crippen LogP contribution in [0.3, 0.4) is 0 Å². The van der Waals surface area contributed by atoms with Gasteiger partial charge < -0.3 is 10.3 Å². The fourth-order valence-electron chi connectivity index (χ4n) is 2.70. The van der Waals surface area contributed by atoms with Gasteiger partial charge in [-0.25, -0.2) is 4.98 Å². The Morgan fingerprint density at radius 2 is 1.89 bits per heavy atom. The van der Waals surface area contributed by atoms with Gasteiger partial charge in [0.15, 0.2) is 0 Å². The molecular formula is C19H13N5O3. The summed E-state index contributed by atoms with van der Waals surface area (Å²) < 4.78 is 0. The van der Waals surface area contributed by atoms with Crippen LogP contribution in [-0.2, 0) is 0 Å². The monoisotopic (exact) mass is 359 g/mol. The highest BCUT2D eigenvalue weighted by Crippen LogP contribution is 2.23. The number of hydrogen-bond acceptors (Lipinski definition) is 5. The summed E-state index contributed by atoms with van der Waals surface area (Å²) in [4.78, 5) is 34.4. The molecule has 2 N–H and O–H groups in total. The number of imidazole rings is 1. The fraction of sp³-hybridized carbons (Fsp3) is 0. The Balaban J connectivity index is 1.60. The highest BCUT2D eigenvalue weighted by Gasteiger charge is 2.12. The van der Waals surface area contributed by atoms with Crippen LogP contribution in [0.2, 0.25) is 0 Å². The Hall–Kier alpha value is -4.07. The van der Waals surface area contributed by atoms with Gasteiger partial charge in [0, 0.05) is 41.3 Å². The molecule has 4 rings (SSSR count). The van der Waals surface area contributed by atoms with E-state index in [1.807, 2.05) is 12.1 Å². The SMILES string of the molecule is O=C(Nc1ccc2nc(-c3ccncc3)[nH]c2c1)c1cccc([N+](=O)[O-])c1. The summed E-state index contributed by atoms with van der Waals surface area (Å²) in [5, 5.41) is 13.6. The fourth-order valence-corrected chi connectivity index (χ4v) is 2.70. The van der Waals surface area contributed by atoms with E-state index in [1.165, 1.54) is 24.3 Å². The van der Waals surface area contributed by atoms with Crippen LogP contribution in [0.4, 0.5) is 11.4 Å². The third kappa shape index (κ3) is 3.36. The lowest BCUT2D eigenvalue weighted by Crippen LogP contribution is -2.12. The van der Waals surface area contributed by atoms with Crippen molar-refractivity contribution < 1.29 is 9.72 Å². The van der Waals surface area contributed by atoms with Crippen LogP contribution in [-0.4, -0.2) is 25.8 Å². The second-order valence-electron chi connectivity index (χ2n) is 5.81. The molecule has 0 fully saturated rings. The van der Waals surface area contributed by atoms with Crippen molar-refractivity contribution in [1.82, 2.24) is 15.0 Å². The Morgan fingerprint density at radius 1 is 1.07 bits per heavy atom. The predicted molar refractivity (Wildman–Crippen MR) is 100 cm³/mol. The maximum Gasteiger partial charge on any atom is 0.270 e. The minimum atomic E-state index is -0.534. The number of rotatable bonds is 4. The van der Waals surface area contributed by atoms with Gasteiger partial charge >= 0.3 is 0 Å². The summed E-state index contributed by atoms with van der Waals surface area (Å²) in [6.45, 7) is 0. The number of nitro benzene ring substituents is 1.